The van der Waals surface area contributed by atoms with Crippen molar-refractivity contribution in [1.82, 2.24) is 5.32 Å². The lowest BCUT2D eigenvalue weighted by molar-refractivity contribution is 0.253. The average Bonchev–Trinajstić information content (AvgIpc) is 2.59. The number of aliphatic hydroxyl groups excluding tert-OH is 1. The molecule has 1 unspecified atom stereocenters. The fourth-order valence-electron chi connectivity index (χ4n) is 2.50. The number of guanidine groups is 1. The van der Waals surface area contributed by atoms with Gasteiger partial charge in [-0.25, -0.2) is 0 Å². The third-order valence-corrected chi connectivity index (χ3v) is 3.73. The van der Waals surface area contributed by atoms with Crippen LogP contribution in [0, 0.1) is 5.92 Å². The lowest BCUT2D eigenvalue weighted by Gasteiger charge is -2.16. The smallest absolute Gasteiger partial charge is 0.195 e. The molecule has 7 heteroatoms. The molecule has 25 heavy (non-hydrogen) atoms. The lowest BCUT2D eigenvalue weighted by atomic mass is 10.0. The summed E-state index contributed by atoms with van der Waals surface area (Å²) in [7, 11) is 3.23. The van der Waals surface area contributed by atoms with Gasteiger partial charge in [-0.15, -0.1) is 24.0 Å². The van der Waals surface area contributed by atoms with Crippen molar-refractivity contribution in [2.45, 2.75) is 33.1 Å². The summed E-state index contributed by atoms with van der Waals surface area (Å²) in [6.45, 7) is 5.86. The maximum absolute atomic E-state index is 9.17. The van der Waals surface area contributed by atoms with Crippen LogP contribution < -0.4 is 20.1 Å². The molecule has 0 radical (unpaired) electrons. The van der Waals surface area contributed by atoms with Crippen LogP contribution >= 0.6 is 24.0 Å². The normalized spacial score (nSPS) is 12.1. The summed E-state index contributed by atoms with van der Waals surface area (Å²) in [5, 5.41) is 15.7. The molecule has 1 aromatic rings. The van der Waals surface area contributed by atoms with Gasteiger partial charge in [0.05, 0.1) is 14.2 Å². The Morgan fingerprint density at radius 2 is 1.88 bits per heavy atom. The van der Waals surface area contributed by atoms with Crippen molar-refractivity contribution >= 4 is 35.6 Å². The zero-order valence-corrected chi connectivity index (χ0v) is 18.0. The zero-order chi connectivity index (χ0) is 17.8. The van der Waals surface area contributed by atoms with E-state index in [1.54, 1.807) is 14.2 Å². The second-order valence-corrected chi connectivity index (χ2v) is 5.58. The second-order valence-electron chi connectivity index (χ2n) is 5.58. The van der Waals surface area contributed by atoms with Crippen LogP contribution in [0.5, 0.6) is 11.5 Å². The van der Waals surface area contributed by atoms with Gasteiger partial charge < -0.3 is 25.2 Å². The first-order chi connectivity index (χ1) is 11.7. The summed E-state index contributed by atoms with van der Waals surface area (Å²) in [6.07, 6.45) is 2.95. The molecule has 0 saturated heterocycles. The van der Waals surface area contributed by atoms with E-state index in [0.717, 1.165) is 37.5 Å². The van der Waals surface area contributed by atoms with Gasteiger partial charge in [-0.1, -0.05) is 13.3 Å². The fourth-order valence-corrected chi connectivity index (χ4v) is 2.50. The monoisotopic (exact) mass is 465 g/mol. The summed E-state index contributed by atoms with van der Waals surface area (Å²) < 4.78 is 10.6. The van der Waals surface area contributed by atoms with Gasteiger partial charge in [0, 0.05) is 31.5 Å². The molecular formula is C18H32IN3O3. The Morgan fingerprint density at radius 1 is 1.16 bits per heavy atom. The Kier molecular flexibility index (Phi) is 13.3. The second kappa shape index (κ2) is 14.0. The van der Waals surface area contributed by atoms with Crippen LogP contribution in [0.2, 0.25) is 0 Å². The van der Waals surface area contributed by atoms with E-state index in [1.807, 2.05) is 25.1 Å². The summed E-state index contributed by atoms with van der Waals surface area (Å²) in [5.41, 5.74) is 0.876. The maximum Gasteiger partial charge on any atom is 0.195 e. The topological polar surface area (TPSA) is 75.1 Å². The number of rotatable bonds is 10. The molecule has 3 N–H and O–H groups in total. The quantitative estimate of drug-likeness (QED) is 0.280. The van der Waals surface area contributed by atoms with E-state index in [9.17, 15) is 0 Å². The fraction of sp³-hybridized carbons (Fsp3) is 0.611. The van der Waals surface area contributed by atoms with Crippen molar-refractivity contribution in [3.05, 3.63) is 18.2 Å². The molecule has 0 aromatic heterocycles. The number of anilines is 1. The number of nitrogens with zero attached hydrogens (tertiary/aromatic N) is 1. The van der Waals surface area contributed by atoms with Gasteiger partial charge in [0.2, 0.25) is 0 Å². The minimum atomic E-state index is 0. The molecule has 0 spiro atoms. The standard InChI is InChI=1S/C18H31N3O3.HI/c1-5-7-14(10-11-22)13-20-18(19-6-2)21-15-8-9-16(23-3)17(12-15)24-4;/h8-9,12,14,22H,5-7,10-11,13H2,1-4H3,(H2,19,20,21);1H. The first-order valence-corrected chi connectivity index (χ1v) is 8.56. The Morgan fingerprint density at radius 3 is 2.44 bits per heavy atom. The highest BCUT2D eigenvalue weighted by Gasteiger charge is 2.09. The third-order valence-electron chi connectivity index (χ3n) is 3.73. The molecule has 0 fully saturated rings. The third kappa shape index (κ3) is 8.62. The number of aliphatic imine (C=N–C) groups is 1. The minimum Gasteiger partial charge on any atom is -0.493 e. The van der Waals surface area contributed by atoms with Gasteiger partial charge in [0.25, 0.3) is 0 Å². The number of methoxy groups -OCH3 is 2. The summed E-state index contributed by atoms with van der Waals surface area (Å²) in [5.74, 6) is 2.49. The van der Waals surface area contributed by atoms with E-state index >= 15 is 0 Å². The average molecular weight is 465 g/mol. The first-order valence-electron chi connectivity index (χ1n) is 8.56. The van der Waals surface area contributed by atoms with Crippen molar-refractivity contribution in [1.29, 1.82) is 0 Å². The summed E-state index contributed by atoms with van der Waals surface area (Å²) in [4.78, 5) is 4.66. The van der Waals surface area contributed by atoms with Crippen LogP contribution in [-0.4, -0.2) is 45.0 Å². The van der Waals surface area contributed by atoms with Crippen molar-refractivity contribution in [3.63, 3.8) is 0 Å². The number of aliphatic hydroxyl groups is 1. The van der Waals surface area contributed by atoms with Crippen molar-refractivity contribution < 1.29 is 14.6 Å². The summed E-state index contributed by atoms with van der Waals surface area (Å²) >= 11 is 0. The van der Waals surface area contributed by atoms with Crippen molar-refractivity contribution in [2.75, 3.05) is 39.2 Å². The SMILES string of the molecule is CCCC(CCO)CN=C(NCC)Nc1ccc(OC)c(OC)c1.I. The number of hydrogen-bond donors (Lipinski definition) is 3. The molecule has 0 aliphatic rings. The van der Waals surface area contributed by atoms with Crippen LogP contribution in [0.15, 0.2) is 23.2 Å². The van der Waals surface area contributed by atoms with Gasteiger partial charge in [-0.3, -0.25) is 4.99 Å². The predicted molar refractivity (Wildman–Crippen MR) is 115 cm³/mol. The molecule has 0 heterocycles. The van der Waals surface area contributed by atoms with Crippen molar-refractivity contribution in [2.24, 2.45) is 10.9 Å². The number of ether oxygens (including phenoxy) is 2. The van der Waals surface area contributed by atoms with Crippen LogP contribution in [-0.2, 0) is 0 Å². The molecule has 0 aliphatic heterocycles. The molecular weight excluding hydrogens is 433 g/mol. The van der Waals surface area contributed by atoms with Gasteiger partial charge >= 0.3 is 0 Å². The predicted octanol–water partition coefficient (Wildman–Crippen LogP) is 3.50. The Labute approximate surface area is 168 Å². The highest BCUT2D eigenvalue weighted by Crippen LogP contribution is 2.29. The molecule has 0 saturated carbocycles. The van der Waals surface area contributed by atoms with Crippen molar-refractivity contribution in [3.8, 4) is 11.5 Å². The molecule has 0 amide bonds. The molecule has 0 bridgehead atoms. The molecule has 1 aromatic carbocycles. The number of halogens is 1. The van der Waals surface area contributed by atoms with E-state index in [0.29, 0.717) is 24.0 Å². The number of hydrogen-bond acceptors (Lipinski definition) is 4. The highest BCUT2D eigenvalue weighted by molar-refractivity contribution is 14.0. The molecule has 6 nitrogen and oxygen atoms in total. The van der Waals surface area contributed by atoms with E-state index in [4.69, 9.17) is 14.6 Å². The van der Waals surface area contributed by atoms with Crippen LogP contribution in [0.4, 0.5) is 5.69 Å². The first kappa shape index (κ1) is 23.8. The van der Waals surface area contributed by atoms with Gasteiger partial charge in [0.15, 0.2) is 17.5 Å². The maximum atomic E-state index is 9.17. The molecule has 1 rings (SSSR count). The van der Waals surface area contributed by atoms with Crippen LogP contribution in [0.25, 0.3) is 0 Å². The zero-order valence-electron chi connectivity index (χ0n) is 15.7. The van der Waals surface area contributed by atoms with Crippen LogP contribution in [0.1, 0.15) is 33.1 Å². The highest BCUT2D eigenvalue weighted by atomic mass is 127. The van der Waals surface area contributed by atoms with Gasteiger partial charge in [0.1, 0.15) is 0 Å². The van der Waals surface area contributed by atoms with Gasteiger partial charge in [-0.2, -0.15) is 0 Å². The van der Waals surface area contributed by atoms with E-state index < -0.39 is 0 Å². The number of benzene rings is 1. The minimum absolute atomic E-state index is 0. The molecule has 1 atom stereocenters. The Hall–Kier alpha value is -1.22. The lowest BCUT2D eigenvalue weighted by Crippen LogP contribution is -2.31. The van der Waals surface area contributed by atoms with E-state index in [2.05, 4.69) is 22.5 Å². The van der Waals surface area contributed by atoms with E-state index in [-0.39, 0.29) is 30.6 Å². The molecule has 0 aliphatic carbocycles. The Bertz CT molecular complexity index is 506. The largest absolute Gasteiger partial charge is 0.493 e. The Balaban J connectivity index is 0.00000576. The van der Waals surface area contributed by atoms with Crippen LogP contribution in [0.3, 0.4) is 0 Å². The molecule has 144 valence electrons. The number of nitrogens with one attached hydrogen (secondary N) is 2. The summed E-state index contributed by atoms with van der Waals surface area (Å²) in [6, 6.07) is 5.66. The van der Waals surface area contributed by atoms with Gasteiger partial charge in [-0.05, 0) is 37.8 Å². The van der Waals surface area contributed by atoms with E-state index in [1.165, 1.54) is 0 Å².